The summed E-state index contributed by atoms with van der Waals surface area (Å²) in [5.41, 5.74) is 2.33. The summed E-state index contributed by atoms with van der Waals surface area (Å²) in [5, 5.41) is 0. The van der Waals surface area contributed by atoms with Crippen LogP contribution in [0.15, 0.2) is 60.7 Å². The van der Waals surface area contributed by atoms with E-state index in [0.29, 0.717) is 5.92 Å². The molecule has 0 aromatic heterocycles. The number of likely N-dealkylation sites (tertiary alicyclic amines) is 1. The molecule has 0 spiro atoms. The molecule has 2 atom stereocenters. The molecular weight excluding hydrogens is 284 g/mol. The highest BCUT2D eigenvalue weighted by atomic mass is 16.2. The Labute approximate surface area is 138 Å². The largest absolute Gasteiger partial charge is 0.314 e. The summed E-state index contributed by atoms with van der Waals surface area (Å²) in [7, 11) is 1.86. The van der Waals surface area contributed by atoms with Crippen molar-refractivity contribution in [1.29, 1.82) is 0 Å². The molecular formula is C20H24N2O. The van der Waals surface area contributed by atoms with E-state index in [0.717, 1.165) is 25.2 Å². The minimum absolute atomic E-state index is 0.0890. The molecule has 1 heterocycles. The zero-order valence-electron chi connectivity index (χ0n) is 13.9. The van der Waals surface area contributed by atoms with Gasteiger partial charge in [0.1, 0.15) is 0 Å². The van der Waals surface area contributed by atoms with Crippen LogP contribution in [0.3, 0.4) is 0 Å². The van der Waals surface area contributed by atoms with Crippen LogP contribution in [0.4, 0.5) is 5.69 Å². The van der Waals surface area contributed by atoms with Gasteiger partial charge in [-0.3, -0.25) is 9.69 Å². The van der Waals surface area contributed by atoms with E-state index in [2.05, 4.69) is 35.2 Å². The Balaban J connectivity index is 1.65. The number of carbonyl (C=O) groups excluding carboxylic acids is 1. The average molecular weight is 308 g/mol. The molecule has 0 N–H and O–H groups in total. The van der Waals surface area contributed by atoms with E-state index >= 15 is 0 Å². The Morgan fingerprint density at radius 1 is 1.09 bits per heavy atom. The first-order valence-corrected chi connectivity index (χ1v) is 8.28. The minimum atomic E-state index is -0.0890. The maximum absolute atomic E-state index is 12.8. The van der Waals surface area contributed by atoms with Crippen molar-refractivity contribution in [3.8, 4) is 0 Å². The molecule has 1 saturated heterocycles. The van der Waals surface area contributed by atoms with Crippen LogP contribution in [0.5, 0.6) is 0 Å². The fourth-order valence-electron chi connectivity index (χ4n) is 3.35. The zero-order chi connectivity index (χ0) is 16.2. The lowest BCUT2D eigenvalue weighted by Gasteiger charge is -2.28. The van der Waals surface area contributed by atoms with Gasteiger partial charge in [-0.1, -0.05) is 48.5 Å². The van der Waals surface area contributed by atoms with Crippen LogP contribution in [-0.4, -0.2) is 37.0 Å². The van der Waals surface area contributed by atoms with E-state index in [-0.39, 0.29) is 11.9 Å². The first kappa shape index (κ1) is 15.8. The van der Waals surface area contributed by atoms with Gasteiger partial charge in [-0.25, -0.2) is 0 Å². The van der Waals surface area contributed by atoms with Crippen molar-refractivity contribution in [2.24, 2.45) is 0 Å². The van der Waals surface area contributed by atoms with Crippen LogP contribution in [0, 0.1) is 0 Å². The van der Waals surface area contributed by atoms with E-state index in [1.165, 1.54) is 5.56 Å². The Hall–Kier alpha value is -2.13. The second-order valence-corrected chi connectivity index (χ2v) is 6.30. The molecule has 1 aliphatic rings. The Morgan fingerprint density at radius 2 is 1.70 bits per heavy atom. The van der Waals surface area contributed by atoms with Crippen LogP contribution < -0.4 is 4.90 Å². The Bertz CT molecular complexity index is 641. The van der Waals surface area contributed by atoms with E-state index < -0.39 is 0 Å². The summed E-state index contributed by atoms with van der Waals surface area (Å²) < 4.78 is 0. The van der Waals surface area contributed by atoms with Gasteiger partial charge in [-0.15, -0.1) is 0 Å². The quantitative estimate of drug-likeness (QED) is 0.862. The first-order chi connectivity index (χ1) is 11.2. The number of hydrogen-bond acceptors (Lipinski definition) is 2. The molecule has 3 rings (SSSR count). The van der Waals surface area contributed by atoms with Gasteiger partial charge in [0.15, 0.2) is 0 Å². The van der Waals surface area contributed by atoms with Gasteiger partial charge in [0.2, 0.25) is 5.91 Å². The molecule has 3 nitrogen and oxygen atoms in total. The van der Waals surface area contributed by atoms with Crippen LogP contribution in [0.2, 0.25) is 0 Å². The Morgan fingerprint density at radius 3 is 2.35 bits per heavy atom. The number of nitrogens with zero attached hydrogens (tertiary/aromatic N) is 2. The topological polar surface area (TPSA) is 23.6 Å². The van der Waals surface area contributed by atoms with Gasteiger partial charge in [0.25, 0.3) is 0 Å². The molecule has 0 unspecified atom stereocenters. The number of amides is 1. The predicted molar refractivity (Wildman–Crippen MR) is 94.7 cm³/mol. The van der Waals surface area contributed by atoms with Crippen LogP contribution in [0.1, 0.15) is 24.8 Å². The molecule has 1 amide bonds. The molecule has 120 valence electrons. The molecule has 1 aliphatic heterocycles. The van der Waals surface area contributed by atoms with Gasteiger partial charge in [-0.05, 0) is 43.5 Å². The molecule has 3 heteroatoms. The monoisotopic (exact) mass is 308 g/mol. The number of likely N-dealkylation sites (N-methyl/N-ethyl adjacent to an activating group) is 1. The third-order valence-corrected chi connectivity index (χ3v) is 4.87. The van der Waals surface area contributed by atoms with Crippen LogP contribution >= 0.6 is 0 Å². The number of benzene rings is 2. The van der Waals surface area contributed by atoms with Gasteiger partial charge < -0.3 is 4.90 Å². The molecule has 2 aromatic rings. The second-order valence-electron chi connectivity index (χ2n) is 6.30. The highest BCUT2D eigenvalue weighted by molar-refractivity contribution is 5.96. The molecule has 2 aromatic carbocycles. The van der Waals surface area contributed by atoms with Crippen molar-refractivity contribution in [3.63, 3.8) is 0 Å². The van der Waals surface area contributed by atoms with Gasteiger partial charge in [0, 0.05) is 19.3 Å². The van der Waals surface area contributed by atoms with Gasteiger partial charge >= 0.3 is 0 Å². The average Bonchev–Trinajstić information content (AvgIpc) is 3.11. The highest BCUT2D eigenvalue weighted by Gasteiger charge is 2.31. The van der Waals surface area contributed by atoms with Gasteiger partial charge in [0.05, 0.1) is 6.04 Å². The number of carbonyl (C=O) groups is 1. The van der Waals surface area contributed by atoms with Crippen LogP contribution in [-0.2, 0) is 4.79 Å². The summed E-state index contributed by atoms with van der Waals surface area (Å²) in [6.45, 7) is 3.96. The summed E-state index contributed by atoms with van der Waals surface area (Å²) in [4.78, 5) is 16.8. The highest BCUT2D eigenvalue weighted by Crippen LogP contribution is 2.28. The molecule has 0 bridgehead atoms. The maximum atomic E-state index is 12.8. The van der Waals surface area contributed by atoms with Crippen molar-refractivity contribution >= 4 is 11.6 Å². The molecule has 0 radical (unpaired) electrons. The predicted octanol–water partition coefficient (Wildman–Crippen LogP) is 3.53. The summed E-state index contributed by atoms with van der Waals surface area (Å²) >= 11 is 0. The van der Waals surface area contributed by atoms with Gasteiger partial charge in [-0.2, -0.15) is 0 Å². The smallest absolute Gasteiger partial charge is 0.243 e. The number of anilines is 1. The standard InChI is InChI=1S/C20H24N2O/c1-16(20(23)21(2)19-11-7-4-8-12-19)22-14-13-18(15-22)17-9-5-3-6-10-17/h3-12,16,18H,13-15H2,1-2H3/t16-,18+/m0/s1. The lowest BCUT2D eigenvalue weighted by atomic mass is 9.99. The zero-order valence-corrected chi connectivity index (χ0v) is 13.9. The van der Waals surface area contributed by atoms with E-state index in [1.54, 1.807) is 4.90 Å². The molecule has 23 heavy (non-hydrogen) atoms. The molecule has 0 saturated carbocycles. The van der Waals surface area contributed by atoms with Crippen molar-refractivity contribution < 1.29 is 4.79 Å². The number of rotatable bonds is 4. The third kappa shape index (κ3) is 3.45. The lowest BCUT2D eigenvalue weighted by molar-refractivity contribution is -0.122. The summed E-state index contributed by atoms with van der Waals surface area (Å²) in [5.74, 6) is 0.693. The maximum Gasteiger partial charge on any atom is 0.243 e. The first-order valence-electron chi connectivity index (χ1n) is 8.28. The van der Waals surface area contributed by atoms with E-state index in [9.17, 15) is 4.79 Å². The molecule has 0 aliphatic carbocycles. The van der Waals surface area contributed by atoms with Crippen molar-refractivity contribution in [2.45, 2.75) is 25.3 Å². The van der Waals surface area contributed by atoms with Crippen molar-refractivity contribution in [1.82, 2.24) is 4.90 Å². The second kappa shape index (κ2) is 6.97. The summed E-state index contributed by atoms with van der Waals surface area (Å²) in [6.07, 6.45) is 1.12. The van der Waals surface area contributed by atoms with E-state index in [4.69, 9.17) is 0 Å². The number of hydrogen-bond donors (Lipinski definition) is 0. The summed E-state index contributed by atoms with van der Waals surface area (Å²) in [6, 6.07) is 20.4. The Kier molecular flexibility index (Phi) is 4.77. The van der Waals surface area contributed by atoms with Crippen molar-refractivity contribution in [2.75, 3.05) is 25.0 Å². The fraction of sp³-hybridized carbons (Fsp3) is 0.350. The van der Waals surface area contributed by atoms with Crippen molar-refractivity contribution in [3.05, 3.63) is 66.2 Å². The molecule has 1 fully saturated rings. The lowest BCUT2D eigenvalue weighted by Crippen LogP contribution is -2.45. The SMILES string of the molecule is C[C@@H](C(=O)N(C)c1ccccc1)N1CC[C@@H](c2ccccc2)C1. The normalized spacial score (nSPS) is 19.5. The van der Waals surface area contributed by atoms with Crippen LogP contribution in [0.25, 0.3) is 0 Å². The minimum Gasteiger partial charge on any atom is -0.314 e. The fourth-order valence-corrected chi connectivity index (χ4v) is 3.35. The third-order valence-electron chi connectivity index (χ3n) is 4.87. The van der Waals surface area contributed by atoms with E-state index in [1.807, 2.05) is 44.3 Å². The number of para-hydroxylation sites is 1.